The Morgan fingerprint density at radius 1 is 1.46 bits per heavy atom. The molecule has 2 nitrogen and oxygen atoms in total. The van der Waals surface area contributed by atoms with E-state index in [1.54, 1.807) is 13.2 Å². The van der Waals surface area contributed by atoms with Gasteiger partial charge in [-0.25, -0.2) is 0 Å². The van der Waals surface area contributed by atoms with E-state index in [2.05, 4.69) is 0 Å². The van der Waals surface area contributed by atoms with Crippen molar-refractivity contribution in [2.24, 2.45) is 0 Å². The first kappa shape index (κ1) is 8.32. The Balaban J connectivity index is 2.68. The van der Waals surface area contributed by atoms with Crippen LogP contribution in [0.15, 0.2) is 36.6 Å². The van der Waals surface area contributed by atoms with Crippen LogP contribution in [0, 0.1) is 0 Å². The van der Waals surface area contributed by atoms with Crippen LogP contribution in [-0.4, -0.2) is 7.11 Å². The van der Waals surface area contributed by atoms with Gasteiger partial charge in [-0.05, 0) is 13.0 Å². The molecular weight excluding hydrogens is 164 g/mol. The molecule has 1 rings (SSSR count). The molecule has 0 aromatic heterocycles. The lowest BCUT2D eigenvalue weighted by Gasteiger charge is -2.06. The van der Waals surface area contributed by atoms with Crippen LogP contribution in [0.3, 0.4) is 0 Å². The fourth-order valence-electron chi connectivity index (χ4n) is 1.01. The predicted molar refractivity (Wildman–Crippen MR) is 52.6 cm³/mol. The number of para-hydroxylation sites is 1. The third kappa shape index (κ3) is 2.92. The molecule has 13 heavy (non-hydrogen) atoms. The summed E-state index contributed by atoms with van der Waals surface area (Å²) in [7, 11) is 1.65. The highest BCUT2D eigenvalue weighted by molar-refractivity contribution is 5.33. The quantitative estimate of drug-likeness (QED) is 0.662. The minimum atomic E-state index is 0.229. The van der Waals surface area contributed by atoms with Gasteiger partial charge in [0.1, 0.15) is 5.75 Å². The molecule has 0 atom stereocenters. The van der Waals surface area contributed by atoms with Gasteiger partial charge in [0.15, 0.2) is 0 Å². The second-order valence-electron chi connectivity index (χ2n) is 2.53. The van der Waals surface area contributed by atoms with Crippen LogP contribution in [0.4, 0.5) is 0 Å². The van der Waals surface area contributed by atoms with Crippen molar-refractivity contribution in [3.05, 3.63) is 42.2 Å². The summed E-state index contributed by atoms with van der Waals surface area (Å²) >= 11 is 0. The number of rotatable bonds is 4. The molecule has 0 saturated carbocycles. The first-order valence-corrected chi connectivity index (χ1v) is 4.06. The molecule has 0 amide bonds. The zero-order valence-electron chi connectivity index (χ0n) is 8.69. The van der Waals surface area contributed by atoms with Crippen molar-refractivity contribution in [2.75, 3.05) is 7.11 Å². The fraction of sp³-hybridized carbons (Fsp3) is 0.273. The SMILES string of the molecule is [2H]C/C=C\Oc1ccccc1COC. The van der Waals surface area contributed by atoms with Crippen LogP contribution in [-0.2, 0) is 11.3 Å². The lowest BCUT2D eigenvalue weighted by molar-refractivity contribution is 0.182. The van der Waals surface area contributed by atoms with Crippen LogP contribution in [0.25, 0.3) is 0 Å². The molecule has 0 bridgehead atoms. The fourth-order valence-corrected chi connectivity index (χ4v) is 1.01. The molecule has 0 aliphatic rings. The maximum absolute atomic E-state index is 6.91. The van der Waals surface area contributed by atoms with E-state index in [-0.39, 0.29) is 6.90 Å². The van der Waals surface area contributed by atoms with E-state index in [9.17, 15) is 0 Å². The average molecular weight is 179 g/mol. The van der Waals surface area contributed by atoms with Gasteiger partial charge in [-0.3, -0.25) is 0 Å². The highest BCUT2D eigenvalue weighted by Crippen LogP contribution is 2.18. The summed E-state index contributed by atoms with van der Waals surface area (Å²) in [5.41, 5.74) is 1.00. The smallest absolute Gasteiger partial charge is 0.132 e. The minimum absolute atomic E-state index is 0.229. The molecule has 1 aromatic rings. The summed E-state index contributed by atoms with van der Waals surface area (Å²) in [5.74, 6) is 0.777. The van der Waals surface area contributed by atoms with Crippen molar-refractivity contribution in [1.29, 1.82) is 0 Å². The van der Waals surface area contributed by atoms with Gasteiger partial charge in [-0.2, -0.15) is 0 Å². The third-order valence-electron chi connectivity index (χ3n) is 1.56. The zero-order valence-corrected chi connectivity index (χ0v) is 7.69. The van der Waals surface area contributed by atoms with Crippen molar-refractivity contribution in [2.45, 2.75) is 13.5 Å². The molecular formula is C11H14O2. The summed E-state index contributed by atoms with van der Waals surface area (Å²) in [6.07, 6.45) is 3.17. The molecule has 0 radical (unpaired) electrons. The normalized spacial score (nSPS) is 11.6. The van der Waals surface area contributed by atoms with Crippen molar-refractivity contribution in [1.82, 2.24) is 0 Å². The van der Waals surface area contributed by atoms with E-state index >= 15 is 0 Å². The first-order chi connectivity index (χ1) is 6.88. The lowest BCUT2D eigenvalue weighted by Crippen LogP contribution is -1.92. The van der Waals surface area contributed by atoms with E-state index in [1.807, 2.05) is 24.3 Å². The van der Waals surface area contributed by atoms with Crippen LogP contribution < -0.4 is 4.74 Å². The van der Waals surface area contributed by atoms with Gasteiger partial charge in [0.05, 0.1) is 12.9 Å². The van der Waals surface area contributed by atoms with E-state index in [1.165, 1.54) is 6.26 Å². The average Bonchev–Trinajstić information content (AvgIpc) is 2.21. The van der Waals surface area contributed by atoms with Crippen LogP contribution in [0.5, 0.6) is 5.75 Å². The molecule has 2 heteroatoms. The van der Waals surface area contributed by atoms with Gasteiger partial charge < -0.3 is 9.47 Å². The van der Waals surface area contributed by atoms with E-state index in [4.69, 9.17) is 10.8 Å². The summed E-state index contributed by atoms with van der Waals surface area (Å²) in [4.78, 5) is 0. The zero-order chi connectivity index (χ0) is 10.2. The lowest BCUT2D eigenvalue weighted by atomic mass is 10.2. The van der Waals surface area contributed by atoms with Gasteiger partial charge in [0, 0.05) is 14.0 Å². The summed E-state index contributed by atoms with van der Waals surface area (Å²) < 4.78 is 17.3. The van der Waals surface area contributed by atoms with Crippen molar-refractivity contribution < 1.29 is 10.8 Å². The highest BCUT2D eigenvalue weighted by atomic mass is 16.5. The predicted octanol–water partition coefficient (Wildman–Crippen LogP) is 2.75. The standard InChI is InChI=1S/C11H14O2/c1-3-8-13-11-7-5-4-6-10(11)9-12-2/h3-8H,9H2,1-2H3/b8-3-/i1D. The second-order valence-corrected chi connectivity index (χ2v) is 2.53. The summed E-state index contributed by atoms with van der Waals surface area (Å²) in [6.45, 7) is 0.761. The van der Waals surface area contributed by atoms with Gasteiger partial charge >= 0.3 is 0 Å². The molecule has 0 spiro atoms. The molecule has 0 unspecified atom stereocenters. The molecule has 0 aliphatic heterocycles. The van der Waals surface area contributed by atoms with E-state index in [0.29, 0.717) is 6.61 Å². The highest BCUT2D eigenvalue weighted by Gasteiger charge is 1.99. The number of allylic oxidation sites excluding steroid dienone is 1. The van der Waals surface area contributed by atoms with E-state index in [0.717, 1.165) is 11.3 Å². The number of ether oxygens (including phenoxy) is 2. The van der Waals surface area contributed by atoms with Gasteiger partial charge in [0.25, 0.3) is 0 Å². The number of methoxy groups -OCH3 is 1. The van der Waals surface area contributed by atoms with Crippen LogP contribution in [0.2, 0.25) is 0 Å². The molecule has 0 aliphatic carbocycles. The molecule has 70 valence electrons. The van der Waals surface area contributed by atoms with Crippen LogP contribution >= 0.6 is 0 Å². The van der Waals surface area contributed by atoms with Gasteiger partial charge in [-0.1, -0.05) is 24.3 Å². The molecule has 0 saturated heterocycles. The van der Waals surface area contributed by atoms with Gasteiger partial charge in [-0.15, -0.1) is 0 Å². The Bertz CT molecular complexity index is 297. The van der Waals surface area contributed by atoms with Crippen molar-refractivity contribution in [3.8, 4) is 5.75 Å². The third-order valence-corrected chi connectivity index (χ3v) is 1.56. The van der Waals surface area contributed by atoms with Crippen molar-refractivity contribution in [3.63, 3.8) is 0 Å². The maximum Gasteiger partial charge on any atom is 0.132 e. The monoisotopic (exact) mass is 179 g/mol. The van der Waals surface area contributed by atoms with E-state index < -0.39 is 0 Å². The summed E-state index contributed by atoms with van der Waals surface area (Å²) in [6, 6.07) is 7.68. The Morgan fingerprint density at radius 3 is 3.08 bits per heavy atom. The Morgan fingerprint density at radius 2 is 2.31 bits per heavy atom. The molecule has 1 aromatic carbocycles. The Kier molecular flexibility index (Phi) is 3.45. The summed E-state index contributed by atoms with van der Waals surface area (Å²) in [5, 5.41) is 0. The molecule has 0 N–H and O–H groups in total. The number of benzene rings is 1. The first-order valence-electron chi connectivity index (χ1n) is 4.77. The van der Waals surface area contributed by atoms with Crippen molar-refractivity contribution >= 4 is 0 Å². The Labute approximate surface area is 80.2 Å². The van der Waals surface area contributed by atoms with Gasteiger partial charge in [0.2, 0.25) is 0 Å². The topological polar surface area (TPSA) is 18.5 Å². The largest absolute Gasteiger partial charge is 0.465 e. The second kappa shape index (κ2) is 5.38. The maximum atomic E-state index is 6.91. The minimum Gasteiger partial charge on any atom is -0.465 e. The number of hydrogen-bond donors (Lipinski definition) is 0. The molecule has 0 heterocycles. The Hall–Kier alpha value is -1.28. The van der Waals surface area contributed by atoms with Crippen LogP contribution in [0.1, 0.15) is 13.8 Å². The number of hydrogen-bond acceptors (Lipinski definition) is 2. The molecule has 0 fully saturated rings.